The Kier molecular flexibility index (Phi) is 5.38. The Balaban J connectivity index is 1.45. The average molecular weight is 399 g/mol. The van der Waals surface area contributed by atoms with Crippen molar-refractivity contribution in [3.8, 4) is 11.3 Å². The van der Waals surface area contributed by atoms with Gasteiger partial charge in [0.25, 0.3) is 0 Å². The van der Waals surface area contributed by atoms with Crippen molar-refractivity contribution in [1.29, 1.82) is 0 Å². The second-order valence-electron chi connectivity index (χ2n) is 6.75. The maximum atomic E-state index is 12.6. The molecule has 1 aliphatic rings. The highest BCUT2D eigenvalue weighted by molar-refractivity contribution is 7.89. The highest BCUT2D eigenvalue weighted by atomic mass is 32.2. The summed E-state index contributed by atoms with van der Waals surface area (Å²) in [6.45, 7) is 1.25. The molecule has 3 aromatic rings. The standard InChI is InChI=1S/C21H22N2O2S2/c24-27(25,23-14-4-5-15-23)19-11-9-18(10-12-19)20-16-26-21(22-20)13-8-17-6-2-1-3-7-17/h1-3,6-7,9-12,16H,4-5,8,13-15H2. The number of rotatable bonds is 6. The zero-order valence-electron chi connectivity index (χ0n) is 15.0. The number of aryl methyl sites for hydroxylation is 2. The molecule has 4 rings (SSSR count). The molecule has 27 heavy (non-hydrogen) atoms. The molecule has 0 unspecified atom stereocenters. The van der Waals surface area contributed by atoms with E-state index in [-0.39, 0.29) is 0 Å². The van der Waals surface area contributed by atoms with Gasteiger partial charge in [-0.25, -0.2) is 13.4 Å². The SMILES string of the molecule is O=S(=O)(c1ccc(-c2csc(CCc3ccccc3)n2)cc1)N1CCCC1. The molecule has 1 fully saturated rings. The lowest BCUT2D eigenvalue weighted by Gasteiger charge is -2.15. The van der Waals surface area contributed by atoms with Gasteiger partial charge in [0.2, 0.25) is 10.0 Å². The van der Waals surface area contributed by atoms with Gasteiger partial charge in [-0.15, -0.1) is 11.3 Å². The third-order valence-corrected chi connectivity index (χ3v) is 7.70. The number of thiazole rings is 1. The normalized spacial score (nSPS) is 15.3. The van der Waals surface area contributed by atoms with Crippen LogP contribution in [0.2, 0.25) is 0 Å². The van der Waals surface area contributed by atoms with E-state index in [0.717, 1.165) is 41.9 Å². The molecular formula is C21H22N2O2S2. The fraction of sp³-hybridized carbons (Fsp3) is 0.286. The average Bonchev–Trinajstić information content (AvgIpc) is 3.40. The summed E-state index contributed by atoms with van der Waals surface area (Å²) >= 11 is 1.66. The van der Waals surface area contributed by atoms with Gasteiger partial charge in [-0.2, -0.15) is 4.31 Å². The molecule has 2 aromatic carbocycles. The zero-order valence-corrected chi connectivity index (χ0v) is 16.7. The molecule has 2 heterocycles. The Morgan fingerprint density at radius 3 is 2.33 bits per heavy atom. The topological polar surface area (TPSA) is 50.3 Å². The van der Waals surface area contributed by atoms with E-state index in [2.05, 4.69) is 24.3 Å². The van der Waals surface area contributed by atoms with Crippen LogP contribution in [0.25, 0.3) is 11.3 Å². The Hall–Kier alpha value is -2.02. The van der Waals surface area contributed by atoms with Crippen molar-refractivity contribution in [3.63, 3.8) is 0 Å². The summed E-state index contributed by atoms with van der Waals surface area (Å²) in [6, 6.07) is 17.5. The largest absolute Gasteiger partial charge is 0.243 e. The predicted molar refractivity (Wildman–Crippen MR) is 109 cm³/mol. The number of benzene rings is 2. The number of hydrogen-bond acceptors (Lipinski definition) is 4. The van der Waals surface area contributed by atoms with Gasteiger partial charge in [0.1, 0.15) is 0 Å². The Morgan fingerprint density at radius 1 is 0.926 bits per heavy atom. The summed E-state index contributed by atoms with van der Waals surface area (Å²) < 4.78 is 26.8. The first-order chi connectivity index (χ1) is 13.1. The van der Waals surface area contributed by atoms with Gasteiger partial charge in [-0.05, 0) is 37.0 Å². The summed E-state index contributed by atoms with van der Waals surface area (Å²) in [7, 11) is -3.36. The van der Waals surface area contributed by atoms with Crippen LogP contribution in [0, 0.1) is 0 Å². The van der Waals surface area contributed by atoms with E-state index in [4.69, 9.17) is 4.98 Å². The lowest BCUT2D eigenvalue weighted by molar-refractivity contribution is 0.477. The second-order valence-corrected chi connectivity index (χ2v) is 9.63. The van der Waals surface area contributed by atoms with Crippen LogP contribution in [-0.4, -0.2) is 30.8 Å². The molecule has 140 valence electrons. The molecule has 6 heteroatoms. The number of hydrogen-bond donors (Lipinski definition) is 0. The van der Waals surface area contributed by atoms with Crippen molar-refractivity contribution >= 4 is 21.4 Å². The Bertz CT molecular complexity index is 990. The van der Waals surface area contributed by atoms with Crippen molar-refractivity contribution < 1.29 is 8.42 Å². The lowest BCUT2D eigenvalue weighted by atomic mass is 10.1. The predicted octanol–water partition coefficient (Wildman–Crippen LogP) is 4.38. The molecule has 0 aliphatic carbocycles. The highest BCUT2D eigenvalue weighted by Crippen LogP contribution is 2.26. The van der Waals surface area contributed by atoms with Crippen LogP contribution in [0.15, 0.2) is 64.9 Å². The van der Waals surface area contributed by atoms with E-state index in [0.29, 0.717) is 18.0 Å². The lowest BCUT2D eigenvalue weighted by Crippen LogP contribution is -2.27. The van der Waals surface area contributed by atoms with Gasteiger partial charge < -0.3 is 0 Å². The fourth-order valence-electron chi connectivity index (χ4n) is 3.33. The smallest absolute Gasteiger partial charge is 0.241 e. The molecule has 0 saturated carbocycles. The molecule has 0 amide bonds. The summed E-state index contributed by atoms with van der Waals surface area (Å²) in [5.41, 5.74) is 3.18. The Morgan fingerprint density at radius 2 is 1.63 bits per heavy atom. The summed E-state index contributed by atoms with van der Waals surface area (Å²) in [4.78, 5) is 5.09. The second kappa shape index (κ2) is 7.92. The molecular weight excluding hydrogens is 376 g/mol. The zero-order chi connectivity index (χ0) is 18.7. The monoisotopic (exact) mass is 398 g/mol. The molecule has 0 spiro atoms. The van der Waals surface area contributed by atoms with E-state index in [9.17, 15) is 8.42 Å². The molecule has 0 bridgehead atoms. The van der Waals surface area contributed by atoms with Gasteiger partial charge in [-0.1, -0.05) is 42.5 Å². The van der Waals surface area contributed by atoms with Gasteiger partial charge >= 0.3 is 0 Å². The van der Waals surface area contributed by atoms with Crippen LogP contribution < -0.4 is 0 Å². The van der Waals surface area contributed by atoms with Gasteiger partial charge in [0.05, 0.1) is 15.6 Å². The minimum atomic E-state index is -3.36. The van der Waals surface area contributed by atoms with Crippen molar-refractivity contribution in [2.45, 2.75) is 30.6 Å². The van der Waals surface area contributed by atoms with Crippen LogP contribution in [0.5, 0.6) is 0 Å². The minimum Gasteiger partial charge on any atom is -0.241 e. The number of aromatic nitrogens is 1. The molecule has 1 saturated heterocycles. The third-order valence-electron chi connectivity index (χ3n) is 4.88. The third kappa shape index (κ3) is 4.13. The van der Waals surface area contributed by atoms with E-state index < -0.39 is 10.0 Å². The first-order valence-corrected chi connectivity index (χ1v) is 11.5. The first-order valence-electron chi connectivity index (χ1n) is 9.22. The van der Waals surface area contributed by atoms with Crippen molar-refractivity contribution in [2.24, 2.45) is 0 Å². The van der Waals surface area contributed by atoms with Crippen molar-refractivity contribution in [3.05, 3.63) is 70.5 Å². The summed E-state index contributed by atoms with van der Waals surface area (Å²) in [5.74, 6) is 0. The fourth-order valence-corrected chi connectivity index (χ4v) is 5.65. The van der Waals surface area contributed by atoms with Crippen molar-refractivity contribution in [1.82, 2.24) is 9.29 Å². The number of sulfonamides is 1. The maximum absolute atomic E-state index is 12.6. The van der Waals surface area contributed by atoms with E-state index >= 15 is 0 Å². The van der Waals surface area contributed by atoms with Crippen LogP contribution >= 0.6 is 11.3 Å². The van der Waals surface area contributed by atoms with E-state index in [1.165, 1.54) is 5.56 Å². The molecule has 1 aliphatic heterocycles. The van der Waals surface area contributed by atoms with Crippen LogP contribution in [0.1, 0.15) is 23.4 Å². The van der Waals surface area contributed by atoms with Gasteiger partial charge in [0, 0.05) is 30.5 Å². The summed E-state index contributed by atoms with van der Waals surface area (Å²) in [5, 5.41) is 3.15. The number of nitrogens with zero attached hydrogens (tertiary/aromatic N) is 2. The quantitative estimate of drug-likeness (QED) is 0.619. The maximum Gasteiger partial charge on any atom is 0.243 e. The van der Waals surface area contributed by atoms with E-state index in [1.54, 1.807) is 27.8 Å². The molecule has 1 aromatic heterocycles. The van der Waals surface area contributed by atoms with E-state index in [1.807, 2.05) is 23.6 Å². The van der Waals surface area contributed by atoms with Gasteiger partial charge in [0.15, 0.2) is 0 Å². The van der Waals surface area contributed by atoms with Crippen LogP contribution in [0.4, 0.5) is 0 Å². The van der Waals surface area contributed by atoms with Gasteiger partial charge in [-0.3, -0.25) is 0 Å². The Labute approximate surface area is 164 Å². The molecule has 0 radical (unpaired) electrons. The van der Waals surface area contributed by atoms with Crippen molar-refractivity contribution in [2.75, 3.05) is 13.1 Å². The highest BCUT2D eigenvalue weighted by Gasteiger charge is 2.26. The molecule has 0 N–H and O–H groups in total. The van der Waals surface area contributed by atoms with Crippen LogP contribution in [0.3, 0.4) is 0 Å². The molecule has 4 nitrogen and oxygen atoms in total. The van der Waals surface area contributed by atoms with Crippen LogP contribution in [-0.2, 0) is 22.9 Å². The summed E-state index contributed by atoms with van der Waals surface area (Å²) in [6.07, 6.45) is 3.78. The molecule has 0 atom stereocenters. The minimum absolute atomic E-state index is 0.368. The first kappa shape index (κ1) is 18.3.